The average Bonchev–Trinajstić information content (AvgIpc) is 3.16. The number of carboxylic acids is 1. The van der Waals surface area contributed by atoms with E-state index in [-0.39, 0.29) is 23.6 Å². The summed E-state index contributed by atoms with van der Waals surface area (Å²) in [5, 5.41) is 19.4. The highest BCUT2D eigenvalue weighted by atomic mass is 19.1. The molecule has 0 aliphatic heterocycles. The molecule has 9 heteroatoms. The fourth-order valence-electron chi connectivity index (χ4n) is 2.33. The maximum atomic E-state index is 13.7. The first-order valence-electron chi connectivity index (χ1n) is 7.28. The summed E-state index contributed by atoms with van der Waals surface area (Å²) in [6, 6.07) is 6.32. The molecule has 0 saturated heterocycles. The zero-order valence-corrected chi connectivity index (χ0v) is 13.2. The summed E-state index contributed by atoms with van der Waals surface area (Å²) in [7, 11) is 1.52. The van der Waals surface area contributed by atoms with Crippen LogP contribution >= 0.6 is 0 Å². The summed E-state index contributed by atoms with van der Waals surface area (Å²) in [6.07, 6.45) is 4.25. The molecule has 0 fully saturated rings. The number of nitrogens with one attached hydrogen (secondary N) is 1. The van der Waals surface area contributed by atoms with Gasteiger partial charge in [-0.05, 0) is 6.07 Å². The number of amides is 1. The van der Waals surface area contributed by atoms with E-state index in [0.29, 0.717) is 11.3 Å². The molecule has 3 aromatic rings. The van der Waals surface area contributed by atoms with Crippen LogP contribution in [0, 0.1) is 5.82 Å². The van der Waals surface area contributed by atoms with E-state index in [9.17, 15) is 14.0 Å². The van der Waals surface area contributed by atoms with Gasteiger partial charge < -0.3 is 10.4 Å². The minimum absolute atomic E-state index is 0.0585. The molecule has 0 aliphatic rings. The molecule has 2 heterocycles. The number of hydrogen-bond donors (Lipinski definition) is 2. The van der Waals surface area contributed by atoms with Crippen molar-refractivity contribution in [3.8, 4) is 0 Å². The molecule has 0 radical (unpaired) electrons. The molecule has 1 amide bonds. The topological polar surface area (TPSA) is 102 Å². The SMILES string of the molecule is Cn1cc(C(=O)Nc2cnn(Cc3ccccc3F)c2)c(C(=O)O)n1. The molecule has 0 saturated carbocycles. The second-order valence-corrected chi connectivity index (χ2v) is 5.34. The minimum Gasteiger partial charge on any atom is -0.476 e. The number of aromatic carboxylic acids is 1. The van der Waals surface area contributed by atoms with E-state index in [4.69, 9.17) is 5.11 Å². The Kier molecular flexibility index (Phi) is 4.29. The molecule has 0 atom stereocenters. The van der Waals surface area contributed by atoms with Crippen molar-refractivity contribution >= 4 is 17.6 Å². The second-order valence-electron chi connectivity index (χ2n) is 5.34. The van der Waals surface area contributed by atoms with Crippen molar-refractivity contribution in [2.24, 2.45) is 7.05 Å². The quantitative estimate of drug-likeness (QED) is 0.735. The number of anilines is 1. The van der Waals surface area contributed by atoms with Gasteiger partial charge in [0.05, 0.1) is 24.0 Å². The third-order valence-electron chi connectivity index (χ3n) is 3.46. The predicted molar refractivity (Wildman–Crippen MR) is 85.8 cm³/mol. The molecule has 2 aromatic heterocycles. The molecule has 2 N–H and O–H groups in total. The maximum absolute atomic E-state index is 13.7. The number of nitrogens with zero attached hydrogens (tertiary/aromatic N) is 4. The number of halogens is 1. The summed E-state index contributed by atoms with van der Waals surface area (Å²) in [5.74, 6) is -2.25. The molecule has 3 rings (SSSR count). The molecular weight excluding hydrogens is 329 g/mol. The zero-order valence-electron chi connectivity index (χ0n) is 13.2. The number of carbonyl (C=O) groups is 2. The van der Waals surface area contributed by atoms with Gasteiger partial charge in [0, 0.05) is 25.0 Å². The summed E-state index contributed by atoms with van der Waals surface area (Å²) >= 11 is 0. The molecule has 1 aromatic carbocycles. The normalized spacial score (nSPS) is 10.6. The molecule has 0 aliphatic carbocycles. The van der Waals surface area contributed by atoms with Crippen LogP contribution in [0.5, 0.6) is 0 Å². The van der Waals surface area contributed by atoms with E-state index in [2.05, 4.69) is 15.5 Å². The maximum Gasteiger partial charge on any atom is 0.357 e. The lowest BCUT2D eigenvalue weighted by Gasteiger charge is -2.03. The van der Waals surface area contributed by atoms with Gasteiger partial charge in [0.2, 0.25) is 0 Å². The number of rotatable bonds is 5. The van der Waals surface area contributed by atoms with Gasteiger partial charge in [-0.15, -0.1) is 0 Å². The Labute approximate surface area is 141 Å². The van der Waals surface area contributed by atoms with Crippen molar-refractivity contribution in [2.45, 2.75) is 6.54 Å². The second kappa shape index (κ2) is 6.56. The van der Waals surface area contributed by atoms with Gasteiger partial charge in [0.25, 0.3) is 5.91 Å². The molecule has 0 unspecified atom stereocenters. The van der Waals surface area contributed by atoms with Gasteiger partial charge in [0.15, 0.2) is 5.69 Å². The largest absolute Gasteiger partial charge is 0.476 e. The summed E-state index contributed by atoms with van der Waals surface area (Å²) in [5.41, 5.74) is 0.432. The van der Waals surface area contributed by atoms with Crippen molar-refractivity contribution in [3.05, 3.63) is 65.5 Å². The van der Waals surface area contributed by atoms with E-state index >= 15 is 0 Å². The molecule has 8 nitrogen and oxygen atoms in total. The summed E-state index contributed by atoms with van der Waals surface area (Å²) in [6.45, 7) is 0.204. The lowest BCUT2D eigenvalue weighted by molar-refractivity contribution is 0.0685. The molecule has 0 bridgehead atoms. The van der Waals surface area contributed by atoms with Crippen LogP contribution in [0.3, 0.4) is 0 Å². The Morgan fingerprint density at radius 2 is 2.04 bits per heavy atom. The van der Waals surface area contributed by atoms with E-state index in [1.54, 1.807) is 18.2 Å². The van der Waals surface area contributed by atoms with Gasteiger partial charge in [-0.3, -0.25) is 14.2 Å². The van der Waals surface area contributed by atoms with E-state index < -0.39 is 11.9 Å². The summed E-state index contributed by atoms with van der Waals surface area (Å²) < 4.78 is 16.4. The third-order valence-corrected chi connectivity index (χ3v) is 3.46. The predicted octanol–water partition coefficient (Wildman–Crippen LogP) is 1.75. The fraction of sp³-hybridized carbons (Fsp3) is 0.125. The van der Waals surface area contributed by atoms with Crippen molar-refractivity contribution in [1.29, 1.82) is 0 Å². The van der Waals surface area contributed by atoms with Crippen LogP contribution in [0.15, 0.2) is 42.9 Å². The zero-order chi connectivity index (χ0) is 18.0. The Hall–Kier alpha value is -3.49. The molecule has 25 heavy (non-hydrogen) atoms. The van der Waals surface area contributed by atoms with E-state index in [1.165, 1.54) is 41.1 Å². The monoisotopic (exact) mass is 343 g/mol. The van der Waals surface area contributed by atoms with Crippen LogP contribution in [-0.4, -0.2) is 36.5 Å². The minimum atomic E-state index is -1.29. The first kappa shape index (κ1) is 16.4. The highest BCUT2D eigenvalue weighted by Crippen LogP contribution is 2.13. The Balaban J connectivity index is 1.74. The summed E-state index contributed by atoms with van der Waals surface area (Å²) in [4.78, 5) is 23.4. The number of carboxylic acid groups (broad SMARTS) is 1. The van der Waals surface area contributed by atoms with E-state index in [1.807, 2.05) is 0 Å². The van der Waals surface area contributed by atoms with Crippen LogP contribution in [-0.2, 0) is 13.6 Å². The van der Waals surface area contributed by atoms with Crippen LogP contribution in [0.1, 0.15) is 26.4 Å². The number of benzene rings is 1. The Bertz CT molecular complexity index is 947. The lowest BCUT2D eigenvalue weighted by atomic mass is 10.2. The van der Waals surface area contributed by atoms with Crippen LogP contribution in [0.4, 0.5) is 10.1 Å². The number of aromatic nitrogens is 4. The highest BCUT2D eigenvalue weighted by Gasteiger charge is 2.21. The van der Waals surface area contributed by atoms with Gasteiger partial charge in [0.1, 0.15) is 5.82 Å². The smallest absolute Gasteiger partial charge is 0.357 e. The highest BCUT2D eigenvalue weighted by molar-refractivity contribution is 6.09. The third kappa shape index (κ3) is 3.55. The Morgan fingerprint density at radius 3 is 2.76 bits per heavy atom. The van der Waals surface area contributed by atoms with Crippen molar-refractivity contribution < 1.29 is 19.1 Å². The molecule has 128 valence electrons. The average molecular weight is 343 g/mol. The number of hydrogen-bond acceptors (Lipinski definition) is 4. The first-order chi connectivity index (χ1) is 11.9. The number of aryl methyl sites for hydroxylation is 1. The molecule has 0 spiro atoms. The van der Waals surface area contributed by atoms with Crippen molar-refractivity contribution in [2.75, 3.05) is 5.32 Å². The first-order valence-corrected chi connectivity index (χ1v) is 7.28. The van der Waals surface area contributed by atoms with Crippen molar-refractivity contribution in [3.63, 3.8) is 0 Å². The van der Waals surface area contributed by atoms with Gasteiger partial charge in [-0.1, -0.05) is 18.2 Å². The number of carbonyl (C=O) groups excluding carboxylic acids is 1. The van der Waals surface area contributed by atoms with Crippen molar-refractivity contribution in [1.82, 2.24) is 19.6 Å². The van der Waals surface area contributed by atoms with E-state index in [0.717, 1.165) is 0 Å². The Morgan fingerprint density at radius 1 is 1.28 bits per heavy atom. The fourth-order valence-corrected chi connectivity index (χ4v) is 2.33. The van der Waals surface area contributed by atoms with Gasteiger partial charge in [-0.2, -0.15) is 10.2 Å². The van der Waals surface area contributed by atoms with Crippen LogP contribution in [0.25, 0.3) is 0 Å². The molecular formula is C16H14FN5O3. The van der Waals surface area contributed by atoms with Crippen LogP contribution in [0.2, 0.25) is 0 Å². The van der Waals surface area contributed by atoms with Gasteiger partial charge >= 0.3 is 5.97 Å². The lowest BCUT2D eigenvalue weighted by Crippen LogP contribution is -2.15. The van der Waals surface area contributed by atoms with Gasteiger partial charge in [-0.25, -0.2) is 9.18 Å². The standard InChI is InChI=1S/C16H14FN5O3/c1-21-9-12(14(20-21)16(24)25)15(23)19-11-6-18-22(8-11)7-10-4-2-3-5-13(10)17/h2-6,8-9H,7H2,1H3,(H,19,23)(H,24,25). The van der Waals surface area contributed by atoms with Crippen LogP contribution < -0.4 is 5.32 Å².